The Morgan fingerprint density at radius 2 is 2.05 bits per heavy atom. The molecule has 3 nitrogen and oxygen atoms in total. The summed E-state index contributed by atoms with van der Waals surface area (Å²) in [4.78, 5) is 0. The van der Waals surface area contributed by atoms with Gasteiger partial charge in [-0.2, -0.15) is 0 Å². The van der Waals surface area contributed by atoms with E-state index >= 15 is 0 Å². The van der Waals surface area contributed by atoms with Crippen molar-refractivity contribution in [3.8, 4) is 0 Å². The topological polar surface area (TPSA) is 46.2 Å². The predicted molar refractivity (Wildman–Crippen MR) is 83.6 cm³/mol. The third-order valence-electron chi connectivity index (χ3n) is 4.17. The number of sulfone groups is 1. The van der Waals surface area contributed by atoms with Crippen molar-refractivity contribution in [2.24, 2.45) is 5.92 Å². The molecule has 0 saturated carbocycles. The first-order valence-corrected chi connectivity index (χ1v) is 9.56. The molecule has 2 rings (SSSR count). The largest absolute Gasteiger partial charge is 0.310 e. The minimum absolute atomic E-state index is 0.292. The fourth-order valence-electron chi connectivity index (χ4n) is 3.21. The van der Waals surface area contributed by atoms with E-state index in [0.717, 1.165) is 32.2 Å². The maximum atomic E-state index is 11.4. The quantitative estimate of drug-likeness (QED) is 0.850. The van der Waals surface area contributed by atoms with E-state index in [-0.39, 0.29) is 0 Å². The molecule has 20 heavy (non-hydrogen) atoms. The van der Waals surface area contributed by atoms with Gasteiger partial charge in [-0.25, -0.2) is 8.42 Å². The summed E-state index contributed by atoms with van der Waals surface area (Å²) in [5.41, 5.74) is 2.78. The molecule has 1 N–H and O–H groups in total. The maximum absolute atomic E-state index is 11.4. The van der Waals surface area contributed by atoms with Crippen molar-refractivity contribution >= 4 is 9.84 Å². The Morgan fingerprint density at radius 3 is 2.75 bits per heavy atom. The fourth-order valence-corrected chi connectivity index (χ4v) is 3.94. The lowest BCUT2D eigenvalue weighted by atomic mass is 9.88. The normalized spacial score (nSPS) is 23.1. The van der Waals surface area contributed by atoms with Gasteiger partial charge in [-0.1, -0.05) is 31.2 Å². The van der Waals surface area contributed by atoms with Gasteiger partial charge in [0.05, 0.1) is 5.75 Å². The molecule has 1 aromatic rings. The van der Waals surface area contributed by atoms with Crippen molar-refractivity contribution in [2.75, 3.05) is 18.6 Å². The molecule has 0 aliphatic heterocycles. The molecule has 0 fully saturated rings. The first kappa shape index (κ1) is 15.5. The van der Waals surface area contributed by atoms with Crippen LogP contribution in [0.4, 0.5) is 0 Å². The zero-order valence-corrected chi connectivity index (χ0v) is 13.2. The average Bonchev–Trinajstić information content (AvgIpc) is 2.56. The summed E-state index contributed by atoms with van der Waals surface area (Å²) in [6, 6.07) is 8.88. The Balaban J connectivity index is 2.23. The molecular formula is C16H25NO2S. The van der Waals surface area contributed by atoms with Gasteiger partial charge in [-0.3, -0.25) is 0 Å². The molecule has 0 amide bonds. The van der Waals surface area contributed by atoms with Crippen molar-refractivity contribution in [1.29, 1.82) is 0 Å². The summed E-state index contributed by atoms with van der Waals surface area (Å²) in [5.74, 6) is 0.704. The molecular weight excluding hydrogens is 270 g/mol. The molecule has 0 bridgehead atoms. The van der Waals surface area contributed by atoms with Gasteiger partial charge in [0.2, 0.25) is 0 Å². The Morgan fingerprint density at radius 1 is 1.30 bits per heavy atom. The second-order valence-electron chi connectivity index (χ2n) is 5.81. The Labute approximate surface area is 122 Å². The summed E-state index contributed by atoms with van der Waals surface area (Å²) in [6.45, 7) is 3.02. The van der Waals surface area contributed by atoms with Gasteiger partial charge < -0.3 is 5.32 Å². The van der Waals surface area contributed by atoms with Crippen molar-refractivity contribution in [3.05, 3.63) is 35.4 Å². The summed E-state index contributed by atoms with van der Waals surface area (Å²) in [6.07, 6.45) is 5.44. The molecule has 2 atom stereocenters. The van der Waals surface area contributed by atoms with Crippen LogP contribution in [0.1, 0.15) is 43.4 Å². The number of hydrogen-bond acceptors (Lipinski definition) is 3. The third kappa shape index (κ3) is 4.06. The lowest BCUT2D eigenvalue weighted by Crippen LogP contribution is -2.29. The Kier molecular flexibility index (Phi) is 5.22. The van der Waals surface area contributed by atoms with E-state index in [0.29, 0.717) is 17.7 Å². The Hall–Kier alpha value is -0.870. The summed E-state index contributed by atoms with van der Waals surface area (Å²) >= 11 is 0. The minimum Gasteiger partial charge on any atom is -0.310 e. The van der Waals surface area contributed by atoms with Crippen LogP contribution in [-0.2, 0) is 16.3 Å². The van der Waals surface area contributed by atoms with Gasteiger partial charge in [0.15, 0.2) is 0 Å². The maximum Gasteiger partial charge on any atom is 0.147 e. The zero-order valence-electron chi connectivity index (χ0n) is 12.4. The zero-order chi connectivity index (χ0) is 14.6. The molecule has 0 heterocycles. The third-order valence-corrected chi connectivity index (χ3v) is 5.14. The van der Waals surface area contributed by atoms with E-state index in [1.807, 2.05) is 0 Å². The highest BCUT2D eigenvalue weighted by molar-refractivity contribution is 7.90. The van der Waals surface area contributed by atoms with Crippen molar-refractivity contribution in [1.82, 2.24) is 5.32 Å². The molecule has 2 unspecified atom stereocenters. The summed E-state index contributed by atoms with van der Waals surface area (Å²) in [7, 11) is -2.88. The van der Waals surface area contributed by atoms with Gasteiger partial charge in [0.1, 0.15) is 9.84 Å². The average molecular weight is 295 g/mol. The van der Waals surface area contributed by atoms with Crippen LogP contribution in [0.5, 0.6) is 0 Å². The van der Waals surface area contributed by atoms with E-state index in [1.165, 1.54) is 17.4 Å². The van der Waals surface area contributed by atoms with Gasteiger partial charge >= 0.3 is 0 Å². The SMILES string of the molecule is CCNC1c2ccccc2CCCC1CCS(C)(=O)=O. The van der Waals surface area contributed by atoms with E-state index < -0.39 is 9.84 Å². The smallest absolute Gasteiger partial charge is 0.147 e. The van der Waals surface area contributed by atoms with E-state index in [9.17, 15) is 8.42 Å². The van der Waals surface area contributed by atoms with E-state index in [2.05, 4.69) is 36.5 Å². The standard InChI is InChI=1S/C16H25NO2S/c1-3-17-16-14(11-12-20(2,18)19)9-6-8-13-7-4-5-10-15(13)16/h4-5,7,10,14,16-17H,3,6,8-9,11-12H2,1-2H3. The van der Waals surface area contributed by atoms with Crippen LogP contribution in [0.2, 0.25) is 0 Å². The number of aryl methyl sites for hydroxylation is 1. The van der Waals surface area contributed by atoms with Crippen LogP contribution in [0.15, 0.2) is 24.3 Å². The number of fused-ring (bicyclic) bond motifs is 1. The van der Waals surface area contributed by atoms with Crippen LogP contribution in [0.3, 0.4) is 0 Å². The predicted octanol–water partition coefficient (Wildman–Crippen LogP) is 2.72. The molecule has 0 saturated heterocycles. The van der Waals surface area contributed by atoms with E-state index in [1.54, 1.807) is 0 Å². The lowest BCUT2D eigenvalue weighted by molar-refractivity contribution is 0.339. The molecule has 0 spiro atoms. The second-order valence-corrected chi connectivity index (χ2v) is 8.06. The molecule has 0 radical (unpaired) electrons. The molecule has 1 aliphatic rings. The van der Waals surface area contributed by atoms with Crippen LogP contribution in [0.25, 0.3) is 0 Å². The number of rotatable bonds is 5. The minimum atomic E-state index is -2.88. The van der Waals surface area contributed by atoms with Gasteiger partial charge in [-0.05, 0) is 49.3 Å². The molecule has 1 aromatic carbocycles. The fraction of sp³-hybridized carbons (Fsp3) is 0.625. The molecule has 0 aromatic heterocycles. The van der Waals surface area contributed by atoms with Crippen molar-refractivity contribution < 1.29 is 8.42 Å². The van der Waals surface area contributed by atoms with Gasteiger partial charge in [-0.15, -0.1) is 0 Å². The first-order chi connectivity index (χ1) is 9.51. The number of hydrogen-bond donors (Lipinski definition) is 1. The van der Waals surface area contributed by atoms with Crippen LogP contribution < -0.4 is 5.32 Å². The van der Waals surface area contributed by atoms with Crippen molar-refractivity contribution in [3.63, 3.8) is 0 Å². The lowest BCUT2D eigenvalue weighted by Gasteiger charge is -2.27. The van der Waals surface area contributed by atoms with Gasteiger partial charge in [0.25, 0.3) is 0 Å². The highest BCUT2D eigenvalue weighted by Crippen LogP contribution is 2.35. The van der Waals surface area contributed by atoms with Crippen LogP contribution >= 0.6 is 0 Å². The van der Waals surface area contributed by atoms with Crippen LogP contribution in [-0.4, -0.2) is 27.0 Å². The summed E-state index contributed by atoms with van der Waals surface area (Å²) in [5, 5.41) is 3.57. The number of nitrogens with one attached hydrogen (secondary N) is 1. The second kappa shape index (κ2) is 6.72. The van der Waals surface area contributed by atoms with Gasteiger partial charge in [0, 0.05) is 12.3 Å². The van der Waals surface area contributed by atoms with Crippen molar-refractivity contribution in [2.45, 2.75) is 38.6 Å². The monoisotopic (exact) mass is 295 g/mol. The van der Waals surface area contributed by atoms with E-state index in [4.69, 9.17) is 0 Å². The highest BCUT2D eigenvalue weighted by atomic mass is 32.2. The highest BCUT2D eigenvalue weighted by Gasteiger charge is 2.27. The first-order valence-electron chi connectivity index (χ1n) is 7.50. The molecule has 1 aliphatic carbocycles. The Bertz CT molecular complexity index is 539. The molecule has 112 valence electrons. The molecule has 4 heteroatoms. The van der Waals surface area contributed by atoms with Crippen LogP contribution in [0, 0.1) is 5.92 Å². The number of benzene rings is 1. The summed E-state index contributed by atoms with van der Waals surface area (Å²) < 4.78 is 22.9.